The number of aromatic nitrogens is 2. The van der Waals surface area contributed by atoms with Gasteiger partial charge in [0.05, 0.1) is 22.0 Å². The number of rotatable bonds is 5. The van der Waals surface area contributed by atoms with E-state index in [1.807, 2.05) is 30.3 Å². The first-order valence-electron chi connectivity index (χ1n) is 8.64. The number of benzene rings is 2. The van der Waals surface area contributed by atoms with Crippen LogP contribution in [0.4, 0.5) is 5.69 Å². The van der Waals surface area contributed by atoms with Gasteiger partial charge in [-0.15, -0.1) is 11.8 Å². The van der Waals surface area contributed by atoms with Crippen molar-refractivity contribution >= 4 is 46.7 Å². The number of thioether (sulfide) groups is 2. The second kappa shape index (κ2) is 8.43. The Kier molecular flexibility index (Phi) is 5.75. The zero-order valence-corrected chi connectivity index (χ0v) is 17.1. The smallest absolute Gasteiger partial charge is 0.272 e. The lowest BCUT2D eigenvalue weighted by atomic mass is 10.3. The average molecular weight is 430 g/mol. The first-order chi connectivity index (χ1) is 13.6. The van der Waals surface area contributed by atoms with E-state index in [-0.39, 0.29) is 17.2 Å². The summed E-state index contributed by atoms with van der Waals surface area (Å²) in [6.07, 6.45) is 0.764. The van der Waals surface area contributed by atoms with Gasteiger partial charge in [0.25, 0.3) is 5.56 Å². The Morgan fingerprint density at radius 2 is 1.93 bits per heavy atom. The Bertz CT molecular complexity index is 1070. The Morgan fingerprint density at radius 1 is 1.18 bits per heavy atom. The lowest BCUT2D eigenvalue weighted by Crippen LogP contribution is -2.24. The number of halogens is 1. The van der Waals surface area contributed by atoms with Crippen molar-refractivity contribution in [3.63, 3.8) is 0 Å². The van der Waals surface area contributed by atoms with Crippen LogP contribution in [0.3, 0.4) is 0 Å². The Balaban J connectivity index is 1.62. The molecule has 0 atom stereocenters. The summed E-state index contributed by atoms with van der Waals surface area (Å²) in [6, 6.07) is 16.3. The Labute approximate surface area is 175 Å². The molecule has 1 aromatic heterocycles. The first-order valence-corrected chi connectivity index (χ1v) is 11.0. The third-order valence-corrected chi connectivity index (χ3v) is 6.44. The molecule has 0 bridgehead atoms. The van der Waals surface area contributed by atoms with Crippen LogP contribution < -0.4 is 10.9 Å². The fraction of sp³-hybridized carbons (Fsp3) is 0.150. The number of carbonyl (C=O) groups is 1. The van der Waals surface area contributed by atoms with Crippen LogP contribution in [0, 0.1) is 0 Å². The molecule has 0 saturated heterocycles. The van der Waals surface area contributed by atoms with Crippen LogP contribution in [0.15, 0.2) is 69.4 Å². The fourth-order valence-corrected chi connectivity index (χ4v) is 4.83. The van der Waals surface area contributed by atoms with Gasteiger partial charge in [-0.05, 0) is 36.4 Å². The highest BCUT2D eigenvalue weighted by Gasteiger charge is 2.23. The quantitative estimate of drug-likeness (QED) is 0.484. The standard InChI is InChI=1S/C20H16ClN3O2S2/c21-13-6-8-15(9-7-13)24-19(26)18-16(10-11-27-18)23-20(24)28-12-17(25)22-14-4-2-1-3-5-14/h1-9H,10-12H2,(H,22,25). The van der Waals surface area contributed by atoms with Gasteiger partial charge in [0, 0.05) is 22.9 Å². The van der Waals surface area contributed by atoms with Gasteiger partial charge in [-0.1, -0.05) is 41.6 Å². The maximum absolute atomic E-state index is 13.1. The van der Waals surface area contributed by atoms with E-state index in [2.05, 4.69) is 10.3 Å². The molecule has 0 unspecified atom stereocenters. The minimum atomic E-state index is -0.150. The molecule has 0 spiro atoms. The number of amides is 1. The molecule has 0 aliphatic carbocycles. The van der Waals surface area contributed by atoms with Crippen LogP contribution >= 0.6 is 35.1 Å². The van der Waals surface area contributed by atoms with Gasteiger partial charge in [0.1, 0.15) is 0 Å². The molecule has 0 radical (unpaired) electrons. The summed E-state index contributed by atoms with van der Waals surface area (Å²) in [4.78, 5) is 30.8. The second-order valence-electron chi connectivity index (χ2n) is 6.09. The van der Waals surface area contributed by atoms with E-state index in [1.165, 1.54) is 23.5 Å². The van der Waals surface area contributed by atoms with Gasteiger partial charge in [0.2, 0.25) is 5.91 Å². The van der Waals surface area contributed by atoms with Crippen LogP contribution in [0.2, 0.25) is 5.02 Å². The van der Waals surface area contributed by atoms with Crippen molar-refractivity contribution in [2.75, 3.05) is 16.8 Å². The van der Waals surface area contributed by atoms with E-state index >= 15 is 0 Å². The van der Waals surface area contributed by atoms with Gasteiger partial charge in [-0.2, -0.15) is 0 Å². The molecule has 1 amide bonds. The molecule has 1 aliphatic rings. The minimum Gasteiger partial charge on any atom is -0.325 e. The molecular weight excluding hydrogens is 414 g/mol. The number of aryl methyl sites for hydroxylation is 1. The Morgan fingerprint density at radius 3 is 2.68 bits per heavy atom. The van der Waals surface area contributed by atoms with E-state index in [0.717, 1.165) is 23.6 Å². The predicted molar refractivity (Wildman–Crippen MR) is 115 cm³/mol. The summed E-state index contributed by atoms with van der Waals surface area (Å²) >= 11 is 8.77. The number of carbonyl (C=O) groups excluding carboxylic acids is 1. The van der Waals surface area contributed by atoms with Crippen molar-refractivity contribution in [2.24, 2.45) is 0 Å². The largest absolute Gasteiger partial charge is 0.325 e. The van der Waals surface area contributed by atoms with E-state index in [9.17, 15) is 9.59 Å². The van der Waals surface area contributed by atoms with Crippen LogP contribution in [0.5, 0.6) is 0 Å². The highest BCUT2D eigenvalue weighted by atomic mass is 35.5. The minimum absolute atomic E-state index is 0.0965. The zero-order valence-electron chi connectivity index (χ0n) is 14.7. The van der Waals surface area contributed by atoms with E-state index < -0.39 is 0 Å². The number of nitrogens with one attached hydrogen (secondary N) is 1. The summed E-state index contributed by atoms with van der Waals surface area (Å²) in [5, 5.41) is 3.95. The highest BCUT2D eigenvalue weighted by molar-refractivity contribution is 8.00. The van der Waals surface area contributed by atoms with Crippen LogP contribution in [0.1, 0.15) is 5.69 Å². The highest BCUT2D eigenvalue weighted by Crippen LogP contribution is 2.30. The number of anilines is 1. The topological polar surface area (TPSA) is 64.0 Å². The fourth-order valence-electron chi connectivity index (χ4n) is 2.86. The number of nitrogens with zero attached hydrogens (tertiary/aromatic N) is 2. The molecule has 1 N–H and O–H groups in total. The molecule has 28 heavy (non-hydrogen) atoms. The summed E-state index contributed by atoms with van der Waals surface area (Å²) < 4.78 is 1.56. The number of hydrogen-bond donors (Lipinski definition) is 1. The van der Waals surface area contributed by atoms with Crippen molar-refractivity contribution in [1.82, 2.24) is 9.55 Å². The number of fused-ring (bicyclic) bond motifs is 1. The van der Waals surface area contributed by atoms with Gasteiger partial charge in [0.15, 0.2) is 5.16 Å². The molecule has 0 saturated carbocycles. The third kappa shape index (κ3) is 4.11. The molecule has 2 heterocycles. The third-order valence-electron chi connectivity index (χ3n) is 4.14. The van der Waals surface area contributed by atoms with Gasteiger partial charge in [-0.25, -0.2) is 4.98 Å². The van der Waals surface area contributed by atoms with Crippen molar-refractivity contribution in [3.05, 3.63) is 75.7 Å². The predicted octanol–water partition coefficient (Wildman–Crippen LogP) is 4.26. The van der Waals surface area contributed by atoms with E-state index in [4.69, 9.17) is 11.6 Å². The summed E-state index contributed by atoms with van der Waals surface area (Å²) in [7, 11) is 0. The molecule has 1 aliphatic heterocycles. The average Bonchev–Trinajstić information content (AvgIpc) is 3.17. The maximum atomic E-state index is 13.1. The lowest BCUT2D eigenvalue weighted by Gasteiger charge is -2.14. The molecule has 5 nitrogen and oxygen atoms in total. The summed E-state index contributed by atoms with van der Waals surface area (Å²) in [5.74, 6) is 0.852. The molecule has 0 fully saturated rings. The van der Waals surface area contributed by atoms with Crippen molar-refractivity contribution in [2.45, 2.75) is 16.5 Å². The zero-order chi connectivity index (χ0) is 19.5. The SMILES string of the molecule is O=C(CSc1nc2c(c(=O)n1-c1ccc(Cl)cc1)SCC2)Nc1ccccc1. The molecule has 3 aromatic rings. The van der Waals surface area contributed by atoms with Gasteiger partial charge >= 0.3 is 0 Å². The Hall–Kier alpha value is -2.22. The first kappa shape index (κ1) is 19.1. The molecule has 8 heteroatoms. The van der Waals surface area contributed by atoms with Crippen LogP contribution in [-0.2, 0) is 11.2 Å². The summed E-state index contributed by atoms with van der Waals surface area (Å²) in [5.41, 5.74) is 2.14. The maximum Gasteiger partial charge on any atom is 0.272 e. The van der Waals surface area contributed by atoms with Crippen molar-refractivity contribution < 1.29 is 4.79 Å². The molecule has 142 valence electrons. The normalized spacial score (nSPS) is 12.6. The molecule has 4 rings (SSSR count). The monoisotopic (exact) mass is 429 g/mol. The lowest BCUT2D eigenvalue weighted by molar-refractivity contribution is -0.113. The molecular formula is C20H16ClN3O2S2. The second-order valence-corrected chi connectivity index (χ2v) is 8.57. The van der Waals surface area contributed by atoms with E-state index in [0.29, 0.717) is 20.8 Å². The number of hydrogen-bond acceptors (Lipinski definition) is 5. The van der Waals surface area contributed by atoms with E-state index in [1.54, 1.807) is 28.8 Å². The summed E-state index contributed by atoms with van der Waals surface area (Å²) in [6.45, 7) is 0. The van der Waals surface area contributed by atoms with Gasteiger partial charge in [-0.3, -0.25) is 14.2 Å². The van der Waals surface area contributed by atoms with Crippen molar-refractivity contribution in [1.29, 1.82) is 0 Å². The van der Waals surface area contributed by atoms with Crippen LogP contribution in [0.25, 0.3) is 5.69 Å². The molecule has 2 aromatic carbocycles. The number of para-hydroxylation sites is 1. The van der Waals surface area contributed by atoms with Crippen molar-refractivity contribution in [3.8, 4) is 5.69 Å². The van der Waals surface area contributed by atoms with Gasteiger partial charge < -0.3 is 5.32 Å². The van der Waals surface area contributed by atoms with Crippen LogP contribution in [-0.4, -0.2) is 27.0 Å².